The molecule has 0 spiro atoms. The van der Waals surface area contributed by atoms with E-state index < -0.39 is 0 Å². The average Bonchev–Trinajstić information content (AvgIpc) is 3.24. The third-order valence-electron chi connectivity index (χ3n) is 4.57. The molecule has 1 aromatic heterocycles. The number of hydrogen-bond donors (Lipinski definition) is 1. The molecule has 1 aliphatic rings. The summed E-state index contributed by atoms with van der Waals surface area (Å²) in [6, 6.07) is 17.6. The number of nitrogens with one attached hydrogen (secondary N) is 1. The fourth-order valence-electron chi connectivity index (χ4n) is 3.17. The third-order valence-corrected chi connectivity index (χ3v) is 5.39. The van der Waals surface area contributed by atoms with Crippen LogP contribution >= 0.6 is 11.3 Å². The molecule has 0 aliphatic carbocycles. The number of aromatic nitrogens is 1. The summed E-state index contributed by atoms with van der Waals surface area (Å²) in [7, 11) is 0. The number of carbonyl (C=O) groups is 1. The second-order valence-electron chi connectivity index (χ2n) is 6.47. The van der Waals surface area contributed by atoms with Gasteiger partial charge in [-0.1, -0.05) is 30.3 Å². The molecule has 0 radical (unpaired) electrons. The van der Waals surface area contributed by atoms with Crippen molar-refractivity contribution in [2.45, 2.75) is 18.9 Å². The van der Waals surface area contributed by atoms with Gasteiger partial charge < -0.3 is 15.0 Å². The molecule has 1 aliphatic heterocycles. The normalized spacial score (nSPS) is 14.7. The molecule has 138 valence electrons. The summed E-state index contributed by atoms with van der Waals surface area (Å²) >= 11 is 1.58. The van der Waals surface area contributed by atoms with Crippen molar-refractivity contribution in [1.82, 2.24) is 9.88 Å². The third kappa shape index (κ3) is 4.46. The number of hydrogen-bond acceptors (Lipinski definition) is 4. The molecule has 2 amide bonds. The van der Waals surface area contributed by atoms with Crippen LogP contribution in [0.1, 0.15) is 12.8 Å². The van der Waals surface area contributed by atoms with Crippen molar-refractivity contribution in [1.29, 1.82) is 0 Å². The van der Waals surface area contributed by atoms with Crippen LogP contribution in [0.4, 0.5) is 10.5 Å². The molecule has 1 N–H and O–H groups in total. The van der Waals surface area contributed by atoms with Gasteiger partial charge >= 0.3 is 6.03 Å². The minimum Gasteiger partial charge on any atom is -0.490 e. The summed E-state index contributed by atoms with van der Waals surface area (Å²) < 4.78 is 5.99. The number of ether oxygens (including phenoxy) is 1. The second-order valence-corrected chi connectivity index (χ2v) is 7.36. The first-order valence-corrected chi connectivity index (χ1v) is 9.93. The van der Waals surface area contributed by atoms with E-state index >= 15 is 0 Å². The number of nitrogens with zero attached hydrogens (tertiary/aromatic N) is 2. The Hall–Kier alpha value is -2.86. The molecule has 0 saturated carbocycles. The van der Waals surface area contributed by atoms with Gasteiger partial charge in [0.05, 0.1) is 0 Å². The van der Waals surface area contributed by atoms with Crippen LogP contribution < -0.4 is 10.1 Å². The average molecular weight is 379 g/mol. The van der Waals surface area contributed by atoms with E-state index in [1.807, 2.05) is 64.9 Å². The number of piperidine rings is 1. The molecule has 0 bridgehead atoms. The zero-order valence-electron chi connectivity index (χ0n) is 14.9. The number of carbonyl (C=O) groups excluding carboxylic acids is 1. The number of anilines is 1. The Labute approximate surface area is 162 Å². The SMILES string of the molecule is O=C(Nc1cccc(-c2nccs2)c1)N1CCC(Oc2ccccc2)CC1. The van der Waals surface area contributed by atoms with E-state index in [1.54, 1.807) is 17.5 Å². The van der Waals surface area contributed by atoms with Gasteiger partial charge in [0.25, 0.3) is 0 Å². The topological polar surface area (TPSA) is 54.5 Å². The molecular weight excluding hydrogens is 358 g/mol. The Bertz CT molecular complexity index is 875. The van der Waals surface area contributed by atoms with Gasteiger partial charge in [-0.2, -0.15) is 0 Å². The van der Waals surface area contributed by atoms with E-state index in [4.69, 9.17) is 4.74 Å². The lowest BCUT2D eigenvalue weighted by molar-refractivity contribution is 0.115. The maximum absolute atomic E-state index is 12.6. The van der Waals surface area contributed by atoms with Crippen LogP contribution in [0.25, 0.3) is 10.6 Å². The van der Waals surface area contributed by atoms with Crippen LogP contribution in [-0.4, -0.2) is 35.1 Å². The van der Waals surface area contributed by atoms with Gasteiger partial charge in [0.1, 0.15) is 16.9 Å². The smallest absolute Gasteiger partial charge is 0.321 e. The monoisotopic (exact) mass is 379 g/mol. The predicted molar refractivity (Wildman–Crippen MR) is 108 cm³/mol. The zero-order chi connectivity index (χ0) is 18.5. The highest BCUT2D eigenvalue weighted by Gasteiger charge is 2.24. The molecule has 3 aromatic rings. The zero-order valence-corrected chi connectivity index (χ0v) is 15.7. The summed E-state index contributed by atoms with van der Waals surface area (Å²) in [6.45, 7) is 1.38. The predicted octanol–water partition coefficient (Wildman–Crippen LogP) is 4.89. The lowest BCUT2D eigenvalue weighted by Gasteiger charge is -2.32. The van der Waals surface area contributed by atoms with Crippen molar-refractivity contribution < 1.29 is 9.53 Å². The molecule has 5 nitrogen and oxygen atoms in total. The Morgan fingerprint density at radius 3 is 2.67 bits per heavy atom. The van der Waals surface area contributed by atoms with E-state index in [9.17, 15) is 4.79 Å². The molecule has 4 rings (SSSR count). The quantitative estimate of drug-likeness (QED) is 0.702. The Kier molecular flexibility index (Phi) is 5.34. The summed E-state index contributed by atoms with van der Waals surface area (Å²) in [4.78, 5) is 18.8. The van der Waals surface area contributed by atoms with Gasteiger partial charge in [-0.25, -0.2) is 9.78 Å². The van der Waals surface area contributed by atoms with Crippen LogP contribution in [0.2, 0.25) is 0 Å². The number of para-hydroxylation sites is 1. The summed E-state index contributed by atoms with van der Waals surface area (Å²) in [5, 5.41) is 5.90. The maximum Gasteiger partial charge on any atom is 0.321 e. The van der Waals surface area contributed by atoms with Crippen LogP contribution in [0.15, 0.2) is 66.2 Å². The summed E-state index contributed by atoms with van der Waals surface area (Å²) in [5.74, 6) is 0.888. The summed E-state index contributed by atoms with van der Waals surface area (Å²) in [6.07, 6.45) is 3.61. The highest BCUT2D eigenvalue weighted by molar-refractivity contribution is 7.13. The number of rotatable bonds is 4. The molecule has 2 aromatic carbocycles. The fourth-order valence-corrected chi connectivity index (χ4v) is 3.80. The number of thiazole rings is 1. The van der Waals surface area contributed by atoms with Crippen molar-refractivity contribution in [3.63, 3.8) is 0 Å². The van der Waals surface area contributed by atoms with Crippen LogP contribution in [0, 0.1) is 0 Å². The first kappa shape index (κ1) is 17.5. The van der Waals surface area contributed by atoms with Gasteiger partial charge in [0.15, 0.2) is 0 Å². The minimum absolute atomic E-state index is 0.0653. The van der Waals surface area contributed by atoms with Crippen LogP contribution in [0.3, 0.4) is 0 Å². The first-order valence-electron chi connectivity index (χ1n) is 9.05. The molecule has 1 fully saturated rings. The van der Waals surface area contributed by atoms with E-state index in [2.05, 4.69) is 10.3 Å². The van der Waals surface area contributed by atoms with Gasteiger partial charge in [0, 0.05) is 48.8 Å². The van der Waals surface area contributed by atoms with Crippen LogP contribution in [0.5, 0.6) is 5.75 Å². The standard InChI is InChI=1S/C21H21N3O2S/c25-21(23-17-6-4-5-16(15-17)20-22-11-14-27-20)24-12-9-19(10-13-24)26-18-7-2-1-3-8-18/h1-8,11,14-15,19H,9-10,12-13H2,(H,23,25). The lowest BCUT2D eigenvalue weighted by atomic mass is 10.1. The largest absolute Gasteiger partial charge is 0.490 e. The molecule has 0 unspecified atom stereocenters. The first-order chi connectivity index (χ1) is 13.3. The van der Waals surface area contributed by atoms with Crippen molar-refractivity contribution in [2.24, 2.45) is 0 Å². The lowest BCUT2D eigenvalue weighted by Crippen LogP contribution is -2.43. The highest BCUT2D eigenvalue weighted by atomic mass is 32.1. The van der Waals surface area contributed by atoms with Crippen molar-refractivity contribution in [3.05, 3.63) is 66.2 Å². The van der Waals surface area contributed by atoms with E-state index in [-0.39, 0.29) is 12.1 Å². The molecule has 1 saturated heterocycles. The molecule has 27 heavy (non-hydrogen) atoms. The molecule has 6 heteroatoms. The molecular formula is C21H21N3O2S. The number of amides is 2. The van der Waals surface area contributed by atoms with E-state index in [0.717, 1.165) is 34.8 Å². The second kappa shape index (κ2) is 8.22. The number of likely N-dealkylation sites (tertiary alicyclic amines) is 1. The van der Waals surface area contributed by atoms with E-state index in [1.165, 1.54) is 0 Å². The Morgan fingerprint density at radius 1 is 1.11 bits per heavy atom. The number of benzene rings is 2. The highest BCUT2D eigenvalue weighted by Crippen LogP contribution is 2.25. The number of urea groups is 1. The fraction of sp³-hybridized carbons (Fsp3) is 0.238. The van der Waals surface area contributed by atoms with Crippen LogP contribution in [-0.2, 0) is 0 Å². The minimum atomic E-state index is -0.0653. The van der Waals surface area contributed by atoms with Gasteiger partial charge in [-0.15, -0.1) is 11.3 Å². The van der Waals surface area contributed by atoms with Crippen molar-refractivity contribution in [2.75, 3.05) is 18.4 Å². The van der Waals surface area contributed by atoms with Crippen molar-refractivity contribution in [3.8, 4) is 16.3 Å². The Balaban J connectivity index is 1.31. The Morgan fingerprint density at radius 2 is 1.93 bits per heavy atom. The summed E-state index contributed by atoms with van der Waals surface area (Å²) in [5.41, 5.74) is 1.80. The maximum atomic E-state index is 12.6. The molecule has 2 heterocycles. The van der Waals surface area contributed by atoms with Gasteiger partial charge in [-0.05, 0) is 24.3 Å². The molecule has 0 atom stereocenters. The van der Waals surface area contributed by atoms with Gasteiger partial charge in [0.2, 0.25) is 0 Å². The van der Waals surface area contributed by atoms with Gasteiger partial charge in [-0.3, -0.25) is 0 Å². The van der Waals surface area contributed by atoms with E-state index in [0.29, 0.717) is 13.1 Å². The van der Waals surface area contributed by atoms with Crippen molar-refractivity contribution >= 4 is 23.1 Å².